The van der Waals surface area contributed by atoms with Gasteiger partial charge in [0.15, 0.2) is 0 Å². The minimum atomic E-state index is 0.341. The van der Waals surface area contributed by atoms with E-state index in [9.17, 15) is 0 Å². The third-order valence-electron chi connectivity index (χ3n) is 2.87. The summed E-state index contributed by atoms with van der Waals surface area (Å²) in [6, 6.07) is 0. The minimum absolute atomic E-state index is 0.341. The molecular weight excluding hydrogens is 174 g/mol. The Bertz CT molecular complexity index is 139. The van der Waals surface area contributed by atoms with Gasteiger partial charge in [-0.25, -0.2) is 0 Å². The maximum absolute atomic E-state index is 5.76. The molecule has 0 heterocycles. The first-order valence-electron chi connectivity index (χ1n) is 5.72. The van der Waals surface area contributed by atoms with E-state index in [0.717, 1.165) is 13.2 Å². The van der Waals surface area contributed by atoms with Gasteiger partial charge in [0.05, 0.1) is 12.7 Å². The van der Waals surface area contributed by atoms with Crippen LogP contribution in [0.15, 0.2) is 0 Å². The lowest BCUT2D eigenvalue weighted by molar-refractivity contribution is -0.00843. The highest BCUT2D eigenvalue weighted by molar-refractivity contribution is 4.79. The van der Waals surface area contributed by atoms with Crippen molar-refractivity contribution in [2.75, 3.05) is 27.2 Å². The quantitative estimate of drug-likeness (QED) is 0.628. The Labute approximate surface area is 89.6 Å². The maximum Gasteiger partial charge on any atom is 0.0537 e. The first-order valence-corrected chi connectivity index (χ1v) is 5.72. The molecule has 0 bridgehead atoms. The topological polar surface area (TPSA) is 12.5 Å². The van der Waals surface area contributed by atoms with Crippen molar-refractivity contribution in [2.24, 2.45) is 5.41 Å². The second-order valence-electron chi connectivity index (χ2n) is 4.80. The average Bonchev–Trinajstić information content (AvgIpc) is 2.11. The second-order valence-corrected chi connectivity index (χ2v) is 4.80. The largest absolute Gasteiger partial charge is 0.378 e. The molecule has 0 spiro atoms. The van der Waals surface area contributed by atoms with Crippen molar-refractivity contribution in [1.29, 1.82) is 0 Å². The Hall–Kier alpha value is -0.0800. The van der Waals surface area contributed by atoms with Crippen LogP contribution in [0, 0.1) is 5.41 Å². The molecule has 0 saturated carbocycles. The zero-order chi connectivity index (χ0) is 11.2. The van der Waals surface area contributed by atoms with Gasteiger partial charge >= 0.3 is 0 Å². The Morgan fingerprint density at radius 3 is 1.93 bits per heavy atom. The highest BCUT2D eigenvalue weighted by Gasteiger charge is 2.27. The number of rotatable bonds is 7. The van der Waals surface area contributed by atoms with E-state index in [1.807, 2.05) is 0 Å². The molecule has 0 fully saturated rings. The minimum Gasteiger partial charge on any atom is -0.378 e. The van der Waals surface area contributed by atoms with Gasteiger partial charge in [-0.2, -0.15) is 0 Å². The van der Waals surface area contributed by atoms with Crippen molar-refractivity contribution in [3.05, 3.63) is 0 Å². The molecule has 0 aliphatic heterocycles. The molecule has 0 aliphatic rings. The monoisotopic (exact) mass is 201 g/mol. The molecule has 2 heteroatoms. The SMILES string of the molecule is CCC(CC)(COC(C)C)CN(C)C. The van der Waals surface area contributed by atoms with Crippen LogP contribution in [0.1, 0.15) is 40.5 Å². The number of hydrogen-bond acceptors (Lipinski definition) is 2. The van der Waals surface area contributed by atoms with Gasteiger partial charge < -0.3 is 9.64 Å². The summed E-state index contributed by atoms with van der Waals surface area (Å²) in [4.78, 5) is 2.26. The number of nitrogens with zero attached hydrogens (tertiary/aromatic N) is 1. The fourth-order valence-corrected chi connectivity index (χ4v) is 1.74. The van der Waals surface area contributed by atoms with E-state index < -0.39 is 0 Å². The van der Waals surface area contributed by atoms with Crippen molar-refractivity contribution in [3.63, 3.8) is 0 Å². The van der Waals surface area contributed by atoms with Gasteiger partial charge in [0.2, 0.25) is 0 Å². The first-order chi connectivity index (χ1) is 6.45. The van der Waals surface area contributed by atoms with Crippen molar-refractivity contribution in [2.45, 2.75) is 46.6 Å². The fraction of sp³-hybridized carbons (Fsp3) is 1.00. The normalized spacial score (nSPS) is 12.9. The summed E-state index contributed by atoms with van der Waals surface area (Å²) < 4.78 is 5.76. The fourth-order valence-electron chi connectivity index (χ4n) is 1.74. The van der Waals surface area contributed by atoms with Crippen molar-refractivity contribution >= 4 is 0 Å². The average molecular weight is 201 g/mol. The van der Waals surface area contributed by atoms with Crippen molar-refractivity contribution in [1.82, 2.24) is 4.90 Å². The third kappa shape index (κ3) is 4.97. The Kier molecular flexibility index (Phi) is 6.38. The smallest absolute Gasteiger partial charge is 0.0537 e. The lowest BCUT2D eigenvalue weighted by Gasteiger charge is -2.34. The molecule has 0 aromatic rings. The zero-order valence-corrected chi connectivity index (χ0v) is 10.8. The van der Waals surface area contributed by atoms with E-state index in [-0.39, 0.29) is 0 Å². The third-order valence-corrected chi connectivity index (χ3v) is 2.87. The van der Waals surface area contributed by atoms with E-state index in [0.29, 0.717) is 11.5 Å². The lowest BCUT2D eigenvalue weighted by Crippen LogP contribution is -2.37. The molecule has 86 valence electrons. The zero-order valence-electron chi connectivity index (χ0n) is 10.8. The summed E-state index contributed by atoms with van der Waals surface area (Å²) >= 11 is 0. The van der Waals surface area contributed by atoms with Crippen LogP contribution in [0.2, 0.25) is 0 Å². The maximum atomic E-state index is 5.76. The molecule has 0 aromatic carbocycles. The molecule has 0 unspecified atom stereocenters. The summed E-state index contributed by atoms with van der Waals surface area (Å²) in [5.41, 5.74) is 0.341. The Balaban J connectivity index is 4.21. The lowest BCUT2D eigenvalue weighted by atomic mass is 9.83. The van der Waals surface area contributed by atoms with Gasteiger partial charge in [-0.1, -0.05) is 13.8 Å². The van der Waals surface area contributed by atoms with E-state index in [1.54, 1.807) is 0 Å². The molecule has 0 aliphatic carbocycles. The van der Waals surface area contributed by atoms with Crippen LogP contribution in [-0.2, 0) is 4.74 Å². The first kappa shape index (κ1) is 13.9. The van der Waals surface area contributed by atoms with Gasteiger partial charge in [-0.05, 0) is 40.8 Å². The van der Waals surface area contributed by atoms with E-state index >= 15 is 0 Å². The second kappa shape index (κ2) is 6.41. The van der Waals surface area contributed by atoms with Crippen LogP contribution in [0.5, 0.6) is 0 Å². The summed E-state index contributed by atoms with van der Waals surface area (Å²) in [6.07, 6.45) is 2.72. The molecule has 2 nitrogen and oxygen atoms in total. The van der Waals surface area contributed by atoms with E-state index in [2.05, 4.69) is 46.7 Å². The molecule has 0 radical (unpaired) electrons. The highest BCUT2D eigenvalue weighted by Crippen LogP contribution is 2.27. The summed E-state index contributed by atoms with van der Waals surface area (Å²) in [5, 5.41) is 0. The van der Waals surface area contributed by atoms with Crippen LogP contribution in [-0.4, -0.2) is 38.3 Å². The van der Waals surface area contributed by atoms with Gasteiger partial charge in [0.1, 0.15) is 0 Å². The van der Waals surface area contributed by atoms with Crippen LogP contribution in [0.25, 0.3) is 0 Å². The van der Waals surface area contributed by atoms with Gasteiger partial charge in [0.25, 0.3) is 0 Å². The van der Waals surface area contributed by atoms with Crippen LogP contribution in [0.4, 0.5) is 0 Å². The van der Waals surface area contributed by atoms with E-state index in [4.69, 9.17) is 4.74 Å². The van der Waals surface area contributed by atoms with Gasteiger partial charge in [0, 0.05) is 12.0 Å². The Morgan fingerprint density at radius 1 is 1.14 bits per heavy atom. The predicted octanol–water partition coefficient (Wildman–Crippen LogP) is 2.78. The standard InChI is InChI=1S/C12H27NO/c1-7-12(8-2,9-13(5)6)10-14-11(3)4/h11H,7-10H2,1-6H3. The molecule has 0 N–H and O–H groups in total. The van der Waals surface area contributed by atoms with Crippen molar-refractivity contribution in [3.8, 4) is 0 Å². The van der Waals surface area contributed by atoms with Gasteiger partial charge in [-0.3, -0.25) is 0 Å². The number of hydrogen-bond donors (Lipinski definition) is 0. The molecule has 0 aromatic heterocycles. The summed E-state index contributed by atoms with van der Waals surface area (Å²) in [7, 11) is 4.27. The van der Waals surface area contributed by atoms with Gasteiger partial charge in [-0.15, -0.1) is 0 Å². The highest BCUT2D eigenvalue weighted by atomic mass is 16.5. The summed E-state index contributed by atoms with van der Waals surface area (Å²) in [5.74, 6) is 0. The van der Waals surface area contributed by atoms with Crippen LogP contribution < -0.4 is 0 Å². The summed E-state index contributed by atoms with van der Waals surface area (Å²) in [6.45, 7) is 10.7. The van der Waals surface area contributed by atoms with Crippen LogP contribution in [0.3, 0.4) is 0 Å². The molecule has 0 amide bonds. The van der Waals surface area contributed by atoms with Crippen molar-refractivity contribution < 1.29 is 4.74 Å². The van der Waals surface area contributed by atoms with Crippen LogP contribution >= 0.6 is 0 Å². The molecule has 0 atom stereocenters. The van der Waals surface area contributed by atoms with E-state index in [1.165, 1.54) is 12.8 Å². The predicted molar refractivity (Wildman–Crippen MR) is 62.7 cm³/mol. The number of ether oxygens (including phenoxy) is 1. The molecule has 0 rings (SSSR count). The molecular formula is C12H27NO. The Morgan fingerprint density at radius 2 is 1.64 bits per heavy atom. The molecule has 0 saturated heterocycles. The molecule has 14 heavy (non-hydrogen) atoms.